The van der Waals surface area contributed by atoms with Crippen molar-refractivity contribution in [3.8, 4) is 11.4 Å². The van der Waals surface area contributed by atoms with Crippen LogP contribution in [0.2, 0.25) is 5.15 Å². The Morgan fingerprint density at radius 2 is 2.00 bits per heavy atom. The first kappa shape index (κ1) is 14.8. The minimum absolute atomic E-state index is 0.262. The molecule has 1 heterocycles. The summed E-state index contributed by atoms with van der Waals surface area (Å²) in [5, 5.41) is 0.262. The first-order chi connectivity index (χ1) is 9.01. The van der Waals surface area contributed by atoms with Crippen molar-refractivity contribution in [2.24, 2.45) is 0 Å². The molecule has 0 saturated carbocycles. The minimum Gasteiger partial charge on any atom is -0.378 e. The molecule has 3 nitrogen and oxygen atoms in total. The van der Waals surface area contributed by atoms with Crippen LogP contribution in [0.4, 0.5) is 4.39 Å². The van der Waals surface area contributed by atoms with E-state index in [1.807, 2.05) is 0 Å². The Morgan fingerprint density at radius 3 is 2.63 bits per heavy atom. The topological polar surface area (TPSA) is 35.0 Å². The van der Waals surface area contributed by atoms with Crippen LogP contribution in [0.1, 0.15) is 5.69 Å². The average Bonchev–Trinajstić information content (AvgIpc) is 2.33. The van der Waals surface area contributed by atoms with E-state index in [-0.39, 0.29) is 17.6 Å². The maximum absolute atomic E-state index is 13.4. The summed E-state index contributed by atoms with van der Waals surface area (Å²) < 4.78 is 19.6. The van der Waals surface area contributed by atoms with E-state index in [1.165, 1.54) is 12.1 Å². The lowest BCUT2D eigenvalue weighted by atomic mass is 10.2. The van der Waals surface area contributed by atoms with Crippen LogP contribution in [0.5, 0.6) is 0 Å². The highest BCUT2D eigenvalue weighted by Crippen LogP contribution is 2.29. The number of ether oxygens (including phenoxy) is 1. The molecule has 0 radical (unpaired) electrons. The zero-order valence-corrected chi connectivity index (χ0v) is 13.7. The number of hydrogen-bond acceptors (Lipinski definition) is 3. The van der Waals surface area contributed by atoms with Crippen LogP contribution in [-0.4, -0.2) is 17.1 Å². The summed E-state index contributed by atoms with van der Waals surface area (Å²) in [7, 11) is 1.56. The Labute approximate surface area is 131 Å². The van der Waals surface area contributed by atoms with Crippen LogP contribution in [0, 0.1) is 5.82 Å². The molecule has 0 aliphatic heterocycles. The Bertz CT molecular complexity index is 605. The molecule has 0 N–H and O–H groups in total. The summed E-state index contributed by atoms with van der Waals surface area (Å²) in [5.74, 6) is -0.0271. The van der Waals surface area contributed by atoms with Gasteiger partial charge >= 0.3 is 0 Å². The molecule has 7 heteroatoms. The monoisotopic (exact) mass is 408 g/mol. The van der Waals surface area contributed by atoms with E-state index >= 15 is 0 Å². The van der Waals surface area contributed by atoms with Crippen molar-refractivity contribution >= 4 is 43.5 Å². The van der Waals surface area contributed by atoms with Gasteiger partial charge in [0.25, 0.3) is 0 Å². The van der Waals surface area contributed by atoms with Gasteiger partial charge < -0.3 is 4.74 Å². The second-order valence-corrected chi connectivity index (χ2v) is 5.76. The number of aromatic nitrogens is 2. The Balaban J connectivity index is 2.55. The quantitative estimate of drug-likeness (QED) is 0.694. The Morgan fingerprint density at radius 1 is 1.26 bits per heavy atom. The van der Waals surface area contributed by atoms with E-state index in [1.54, 1.807) is 13.2 Å². The zero-order chi connectivity index (χ0) is 14.0. The summed E-state index contributed by atoms with van der Waals surface area (Å²) in [6, 6.07) is 4.43. The molecule has 1 aromatic heterocycles. The molecule has 0 unspecified atom stereocenters. The molecule has 19 heavy (non-hydrogen) atoms. The SMILES string of the molecule is COCc1nc(-c2cc(F)cc(Br)c2)nc(Cl)c1Br. The highest BCUT2D eigenvalue weighted by Gasteiger charge is 2.13. The van der Waals surface area contributed by atoms with Crippen molar-refractivity contribution in [1.82, 2.24) is 9.97 Å². The van der Waals surface area contributed by atoms with Crippen molar-refractivity contribution in [2.45, 2.75) is 6.61 Å². The molecule has 0 saturated heterocycles. The fourth-order valence-corrected chi connectivity index (χ4v) is 2.45. The second kappa shape index (κ2) is 6.26. The fraction of sp³-hybridized carbons (Fsp3) is 0.167. The van der Waals surface area contributed by atoms with E-state index in [2.05, 4.69) is 41.8 Å². The van der Waals surface area contributed by atoms with Gasteiger partial charge in [0, 0.05) is 17.1 Å². The summed E-state index contributed by atoms with van der Waals surface area (Å²) >= 11 is 12.6. The fourth-order valence-electron chi connectivity index (χ4n) is 1.51. The van der Waals surface area contributed by atoms with E-state index < -0.39 is 0 Å². The second-order valence-electron chi connectivity index (χ2n) is 3.69. The summed E-state index contributed by atoms with van der Waals surface area (Å²) in [4.78, 5) is 8.45. The molecule has 1 aromatic carbocycles. The van der Waals surface area contributed by atoms with Crippen LogP contribution < -0.4 is 0 Å². The van der Waals surface area contributed by atoms with Crippen molar-refractivity contribution in [3.63, 3.8) is 0 Å². The average molecular weight is 410 g/mol. The predicted octanol–water partition coefficient (Wildman–Crippen LogP) is 4.61. The van der Waals surface area contributed by atoms with Crippen LogP contribution >= 0.6 is 43.5 Å². The maximum Gasteiger partial charge on any atom is 0.161 e. The Hall–Kier alpha value is -0.560. The minimum atomic E-state index is -0.375. The van der Waals surface area contributed by atoms with E-state index in [9.17, 15) is 4.39 Å². The normalized spacial score (nSPS) is 10.8. The van der Waals surface area contributed by atoms with Crippen LogP contribution in [0.15, 0.2) is 27.1 Å². The number of benzene rings is 1. The molecule has 0 fully saturated rings. The zero-order valence-electron chi connectivity index (χ0n) is 9.75. The molecule has 0 spiro atoms. The predicted molar refractivity (Wildman–Crippen MR) is 78.5 cm³/mol. The molecule has 2 aromatic rings. The number of halogens is 4. The van der Waals surface area contributed by atoms with Crippen molar-refractivity contribution in [2.75, 3.05) is 7.11 Å². The van der Waals surface area contributed by atoms with Crippen LogP contribution in [-0.2, 0) is 11.3 Å². The van der Waals surface area contributed by atoms with Gasteiger partial charge in [-0.1, -0.05) is 27.5 Å². The Kier molecular flexibility index (Phi) is 4.89. The van der Waals surface area contributed by atoms with Gasteiger partial charge in [-0.2, -0.15) is 0 Å². The number of hydrogen-bond donors (Lipinski definition) is 0. The van der Waals surface area contributed by atoms with Gasteiger partial charge in [0.15, 0.2) is 5.82 Å². The highest BCUT2D eigenvalue weighted by molar-refractivity contribution is 9.10. The molecule has 0 atom stereocenters. The summed E-state index contributed by atoms with van der Waals surface area (Å²) in [6.07, 6.45) is 0. The smallest absolute Gasteiger partial charge is 0.161 e. The summed E-state index contributed by atoms with van der Waals surface area (Å²) in [6.45, 7) is 0.284. The lowest BCUT2D eigenvalue weighted by Crippen LogP contribution is -2.00. The largest absolute Gasteiger partial charge is 0.378 e. The number of rotatable bonds is 3. The van der Waals surface area contributed by atoms with E-state index in [0.717, 1.165) is 0 Å². The maximum atomic E-state index is 13.4. The molecule has 0 bridgehead atoms. The first-order valence-corrected chi connectivity index (χ1v) is 7.15. The molecule has 0 amide bonds. The highest BCUT2D eigenvalue weighted by atomic mass is 79.9. The molecule has 0 aliphatic rings. The van der Waals surface area contributed by atoms with Crippen LogP contribution in [0.3, 0.4) is 0 Å². The van der Waals surface area contributed by atoms with Gasteiger partial charge in [-0.15, -0.1) is 0 Å². The molecular weight excluding hydrogens is 402 g/mol. The van der Waals surface area contributed by atoms with Gasteiger partial charge in [-0.3, -0.25) is 0 Å². The van der Waals surface area contributed by atoms with Crippen molar-refractivity contribution in [1.29, 1.82) is 0 Å². The van der Waals surface area contributed by atoms with Gasteiger partial charge in [-0.25, -0.2) is 14.4 Å². The lowest BCUT2D eigenvalue weighted by Gasteiger charge is -2.08. The number of methoxy groups -OCH3 is 1. The molecule has 100 valence electrons. The third-order valence-corrected chi connectivity index (χ3v) is 4.07. The third-order valence-electron chi connectivity index (χ3n) is 2.28. The van der Waals surface area contributed by atoms with Gasteiger partial charge in [0.05, 0.1) is 16.8 Å². The molecular formula is C12H8Br2ClFN2O. The van der Waals surface area contributed by atoms with Gasteiger partial charge in [0.1, 0.15) is 11.0 Å². The lowest BCUT2D eigenvalue weighted by molar-refractivity contribution is 0.181. The standard InChI is InChI=1S/C12H8Br2ClFN2O/c1-19-5-9-10(14)11(15)18-12(17-9)6-2-7(13)4-8(16)3-6/h2-4H,5H2,1H3. The van der Waals surface area contributed by atoms with Crippen molar-refractivity contribution in [3.05, 3.63) is 43.8 Å². The van der Waals surface area contributed by atoms with Crippen molar-refractivity contribution < 1.29 is 9.13 Å². The van der Waals surface area contributed by atoms with Gasteiger partial charge in [0.2, 0.25) is 0 Å². The first-order valence-electron chi connectivity index (χ1n) is 5.18. The van der Waals surface area contributed by atoms with Gasteiger partial charge in [-0.05, 0) is 34.1 Å². The summed E-state index contributed by atoms with van der Waals surface area (Å²) in [5.41, 5.74) is 1.15. The molecule has 2 rings (SSSR count). The van der Waals surface area contributed by atoms with E-state index in [4.69, 9.17) is 16.3 Å². The molecule has 0 aliphatic carbocycles. The number of nitrogens with zero attached hydrogens (tertiary/aromatic N) is 2. The third kappa shape index (κ3) is 3.51. The van der Waals surface area contributed by atoms with E-state index in [0.29, 0.717) is 26.0 Å². The van der Waals surface area contributed by atoms with Crippen LogP contribution in [0.25, 0.3) is 11.4 Å².